The van der Waals surface area contributed by atoms with Crippen LogP contribution in [0.25, 0.3) is 0 Å². The maximum Gasteiger partial charge on any atom is 0.280 e. The number of hydrogen-bond acceptors (Lipinski definition) is 12. The molecule has 2 aromatic carbocycles. The van der Waals surface area contributed by atoms with Crippen molar-refractivity contribution in [3.05, 3.63) is 91.2 Å². The second kappa shape index (κ2) is 21.1. The number of halogens is 4. The number of thiazole rings is 2. The first kappa shape index (κ1) is 48.1. The topological polar surface area (TPSA) is 212 Å². The molecular formula is C33H42Cl2F2N8O8S4. The van der Waals surface area contributed by atoms with Crippen LogP contribution in [0.15, 0.2) is 59.6 Å². The highest BCUT2D eigenvalue weighted by atomic mass is 35.5. The van der Waals surface area contributed by atoms with Gasteiger partial charge in [-0.25, -0.2) is 18.7 Å². The lowest BCUT2D eigenvalue weighted by molar-refractivity contribution is -0.121. The maximum atomic E-state index is 13.3. The summed E-state index contributed by atoms with van der Waals surface area (Å²) in [6.45, 7) is -0.579. The Bertz CT molecular complexity index is 2180. The Hall–Kier alpha value is -3.26. The fraction of sp³-hybridized carbons (Fsp3) is 0.394. The highest BCUT2D eigenvalue weighted by molar-refractivity contribution is 7.87. The minimum Gasteiger partial charge on any atom is -0.395 e. The molecule has 2 saturated heterocycles. The number of ether oxygens (including phenoxy) is 1. The van der Waals surface area contributed by atoms with Gasteiger partial charge in [-0.15, -0.1) is 22.7 Å². The van der Waals surface area contributed by atoms with E-state index in [1.54, 1.807) is 23.2 Å². The number of rotatable bonds is 11. The summed E-state index contributed by atoms with van der Waals surface area (Å²) in [6.07, 6.45) is 3.41. The quantitative estimate of drug-likeness (QED) is 0.137. The van der Waals surface area contributed by atoms with Gasteiger partial charge in [-0.05, 0) is 49.2 Å². The van der Waals surface area contributed by atoms with Gasteiger partial charge in [0.25, 0.3) is 20.4 Å². The highest BCUT2D eigenvalue weighted by Gasteiger charge is 2.44. The van der Waals surface area contributed by atoms with Crippen molar-refractivity contribution in [3.63, 3.8) is 0 Å². The van der Waals surface area contributed by atoms with E-state index in [2.05, 4.69) is 30.0 Å². The van der Waals surface area contributed by atoms with Gasteiger partial charge >= 0.3 is 0 Å². The number of nitrogens with zero attached hydrogens (tertiary/aromatic N) is 4. The third-order valence-electron chi connectivity index (χ3n) is 8.13. The summed E-state index contributed by atoms with van der Waals surface area (Å²) in [6, 6.07) is 4.02. The third-order valence-corrected chi connectivity index (χ3v) is 13.8. The van der Waals surface area contributed by atoms with Crippen molar-refractivity contribution in [2.24, 2.45) is 0 Å². The van der Waals surface area contributed by atoms with Crippen molar-refractivity contribution in [1.29, 1.82) is 0 Å². The van der Waals surface area contributed by atoms with Gasteiger partial charge < -0.3 is 20.5 Å². The number of nitrogens with one attached hydrogen (secondary N) is 4. The highest BCUT2D eigenvalue weighted by Crippen LogP contribution is 2.32. The van der Waals surface area contributed by atoms with E-state index in [1.807, 2.05) is 0 Å². The predicted octanol–water partition coefficient (Wildman–Crippen LogP) is 4.96. The van der Waals surface area contributed by atoms with Gasteiger partial charge in [0.1, 0.15) is 33.7 Å². The summed E-state index contributed by atoms with van der Waals surface area (Å²) < 4.78 is 89.2. The zero-order chi connectivity index (χ0) is 39.9. The van der Waals surface area contributed by atoms with E-state index in [0.29, 0.717) is 10.0 Å². The van der Waals surface area contributed by atoms with Gasteiger partial charge in [0.05, 0.1) is 35.3 Å². The van der Waals surface area contributed by atoms with Crippen molar-refractivity contribution in [2.45, 2.75) is 51.9 Å². The number of amides is 2. The van der Waals surface area contributed by atoms with Crippen LogP contribution in [0.3, 0.4) is 0 Å². The van der Waals surface area contributed by atoms with E-state index in [4.69, 9.17) is 27.9 Å². The largest absolute Gasteiger partial charge is 0.395 e. The fourth-order valence-electron chi connectivity index (χ4n) is 5.63. The molecule has 16 nitrogen and oxygen atoms in total. The van der Waals surface area contributed by atoms with Crippen molar-refractivity contribution in [1.82, 2.24) is 28.0 Å². The molecule has 24 heteroatoms. The number of carbonyl (C=O) groups is 2. The van der Waals surface area contributed by atoms with Gasteiger partial charge in [-0.2, -0.15) is 34.9 Å². The summed E-state index contributed by atoms with van der Waals surface area (Å²) in [5, 5.41) is 18.6. The minimum atomic E-state index is -4.02. The zero-order valence-electron chi connectivity index (χ0n) is 28.6. The van der Waals surface area contributed by atoms with E-state index >= 15 is 0 Å². The number of benzene rings is 2. The standard InChI is InChI=1S/C16H18ClFN4O4S2.C15H16ClFN4O4S2.2CH4/c1-26-6-5-22-14(15(23)20-10-2-3-12(18)11(17)8-10)9-13(21-28(22,24)25)16-19-4-7-27-16;16-10-7-9(1-2-11(10)17)19-14(23)13-8-12(15-18-3-6-26-15)20-27(24,25)21(13)4-5-22;;/h2-4,7-8,13-14,21H,5-6,9H2,1H3,(H,20,23);1-3,6-7,12-13,20,22H,4-5,8H2,(H,19,23);2*1H4. The number of β-amino-alcohol motifs (C(OH)–C–C–N with tert-alkyl or cyclic N) is 1. The Balaban J connectivity index is 0.000000295. The molecule has 2 fully saturated rings. The van der Waals surface area contributed by atoms with Crippen LogP contribution in [0.5, 0.6) is 0 Å². The Labute approximate surface area is 347 Å². The number of methoxy groups -OCH3 is 1. The van der Waals surface area contributed by atoms with Crippen LogP contribution < -0.4 is 20.1 Å². The van der Waals surface area contributed by atoms with Crippen molar-refractivity contribution in [3.8, 4) is 0 Å². The Morgan fingerprint density at radius 3 is 1.60 bits per heavy atom. The van der Waals surface area contributed by atoms with Crippen LogP contribution in [-0.2, 0) is 34.7 Å². The summed E-state index contributed by atoms with van der Waals surface area (Å²) in [4.78, 5) is 33.9. The smallest absolute Gasteiger partial charge is 0.280 e. The monoisotopic (exact) mass is 914 g/mol. The maximum absolute atomic E-state index is 13.3. The number of anilines is 2. The lowest BCUT2D eigenvalue weighted by Crippen LogP contribution is -2.58. The molecule has 6 rings (SSSR count). The summed E-state index contributed by atoms with van der Waals surface area (Å²) >= 11 is 14.0. The molecule has 4 atom stereocenters. The predicted molar refractivity (Wildman–Crippen MR) is 217 cm³/mol. The van der Waals surface area contributed by atoms with Crippen LogP contribution in [0, 0.1) is 11.6 Å². The first-order chi connectivity index (χ1) is 26.1. The van der Waals surface area contributed by atoms with Crippen LogP contribution in [-0.4, -0.2) is 97.8 Å². The molecule has 2 aromatic heterocycles. The average Bonchev–Trinajstić information content (AvgIpc) is 3.87. The first-order valence-corrected chi connectivity index (χ1v) is 21.5. The molecule has 4 aromatic rings. The Morgan fingerprint density at radius 1 is 0.825 bits per heavy atom. The minimum absolute atomic E-state index is 0. The molecule has 4 heterocycles. The average molecular weight is 916 g/mol. The van der Waals surface area contributed by atoms with E-state index in [9.17, 15) is 40.3 Å². The van der Waals surface area contributed by atoms with Crippen molar-refractivity contribution >= 4 is 89.5 Å². The zero-order valence-corrected chi connectivity index (χ0v) is 33.3. The lowest BCUT2D eigenvalue weighted by Gasteiger charge is -2.37. The van der Waals surface area contributed by atoms with Crippen LogP contribution >= 0.6 is 45.9 Å². The molecule has 5 N–H and O–H groups in total. The normalized spacial score (nSPS) is 21.5. The molecule has 0 spiro atoms. The van der Waals surface area contributed by atoms with Crippen LogP contribution in [0.1, 0.15) is 49.8 Å². The molecule has 2 aliphatic rings. The number of carbonyl (C=O) groups excluding carboxylic acids is 2. The van der Waals surface area contributed by atoms with Crippen molar-refractivity contribution in [2.75, 3.05) is 44.0 Å². The van der Waals surface area contributed by atoms with Gasteiger partial charge in [0.2, 0.25) is 11.8 Å². The van der Waals surface area contributed by atoms with Gasteiger partial charge in [0.15, 0.2) is 0 Å². The van der Waals surface area contributed by atoms with E-state index in [1.165, 1.54) is 54.0 Å². The SMILES string of the molecule is C.C.COCCN1C(C(=O)Nc2ccc(F)c(Cl)c2)CC(c2nccs2)NS1(=O)=O.O=C(Nc1ccc(F)c(Cl)c1)C1CC(c2nccs2)NS(=O)(=O)N1CCO. The molecule has 0 aliphatic carbocycles. The summed E-state index contributed by atoms with van der Waals surface area (Å²) in [5.41, 5.74) is 0.502. The molecule has 2 amide bonds. The number of aliphatic hydroxyl groups excluding tert-OH is 1. The Kier molecular flexibility index (Phi) is 17.8. The second-order valence-corrected chi connectivity index (χ2v) is 17.7. The molecule has 2 aliphatic heterocycles. The van der Waals surface area contributed by atoms with Gasteiger partial charge in [-0.1, -0.05) is 38.1 Å². The lowest BCUT2D eigenvalue weighted by atomic mass is 10.1. The molecule has 4 unspecified atom stereocenters. The Morgan fingerprint density at radius 2 is 1.25 bits per heavy atom. The molecule has 0 radical (unpaired) electrons. The molecule has 314 valence electrons. The first-order valence-electron chi connectivity index (χ1n) is 16.1. The van der Waals surface area contributed by atoms with Crippen LogP contribution in [0.4, 0.5) is 20.2 Å². The number of aromatic nitrogens is 2. The molecule has 0 bridgehead atoms. The number of hydrogen-bond donors (Lipinski definition) is 5. The van der Waals surface area contributed by atoms with Gasteiger partial charge in [0, 0.05) is 54.7 Å². The van der Waals surface area contributed by atoms with E-state index in [-0.39, 0.29) is 68.8 Å². The van der Waals surface area contributed by atoms with E-state index in [0.717, 1.165) is 20.7 Å². The van der Waals surface area contributed by atoms with Crippen LogP contribution in [0.2, 0.25) is 10.0 Å². The third kappa shape index (κ3) is 12.1. The fourth-order valence-corrected chi connectivity index (χ4v) is 10.6. The van der Waals surface area contributed by atoms with E-state index < -0.39 is 74.6 Å². The van der Waals surface area contributed by atoms with Crippen molar-refractivity contribution < 1.29 is 45.0 Å². The van der Waals surface area contributed by atoms with Gasteiger partial charge in [-0.3, -0.25) is 9.59 Å². The molecular weight excluding hydrogens is 874 g/mol. The summed E-state index contributed by atoms with van der Waals surface area (Å²) in [5.74, 6) is -2.41. The molecule has 0 saturated carbocycles. The summed E-state index contributed by atoms with van der Waals surface area (Å²) in [7, 11) is -6.53. The molecule has 57 heavy (non-hydrogen) atoms. The second-order valence-electron chi connectivity index (χ2n) is 11.8. The number of aliphatic hydroxyl groups is 1.